The minimum absolute atomic E-state index is 0.0603. The van der Waals surface area contributed by atoms with Gasteiger partial charge in [0.2, 0.25) is 0 Å². The first-order chi connectivity index (χ1) is 44.3. The van der Waals surface area contributed by atoms with Crippen molar-refractivity contribution in [3.63, 3.8) is 0 Å². The predicted octanol–water partition coefficient (Wildman–Crippen LogP) is 13.4. The van der Waals surface area contributed by atoms with Gasteiger partial charge in [0.15, 0.2) is 6.29 Å². The van der Waals surface area contributed by atoms with Crippen molar-refractivity contribution in [2.45, 2.75) is 107 Å². The molecule has 2 aliphatic rings. The lowest BCUT2D eigenvalue weighted by atomic mass is 9.93. The Bertz CT molecular complexity index is 3620. The van der Waals surface area contributed by atoms with Crippen molar-refractivity contribution in [1.82, 2.24) is 0 Å². The minimum atomic E-state index is -4.45. The Balaban J connectivity index is 0.983. The van der Waals surface area contributed by atoms with Gasteiger partial charge in [-0.05, 0) is 80.9 Å². The molecule has 4 unspecified atom stereocenters. The molecule has 2 fully saturated rings. The van der Waals surface area contributed by atoms with E-state index in [4.69, 9.17) is 51.6 Å². The second-order valence-corrected chi connectivity index (χ2v) is 23.7. The largest absolute Gasteiger partial charge is 0.382 e. The van der Waals surface area contributed by atoms with Crippen molar-refractivity contribution in [2.75, 3.05) is 19.0 Å². The fourth-order valence-corrected chi connectivity index (χ4v) is 12.0. The Morgan fingerprint density at radius 3 is 1.09 bits per heavy atom. The molecule has 9 aromatic carbocycles. The van der Waals surface area contributed by atoms with E-state index in [1.54, 1.807) is 30.5 Å². The van der Waals surface area contributed by atoms with Gasteiger partial charge >= 0.3 is 10.1 Å². The number of nitrogens with zero attached hydrogens (tertiary/aromatic N) is 1. The van der Waals surface area contributed by atoms with Crippen molar-refractivity contribution >= 4 is 22.0 Å². The number of rotatable bonds is 31. The van der Waals surface area contributed by atoms with Crippen LogP contribution in [-0.2, 0) is 104 Å². The summed E-state index contributed by atoms with van der Waals surface area (Å²) in [5.41, 5.74) is 7.90. The Kier molecular flexibility index (Phi) is 23.4. The van der Waals surface area contributed by atoms with Crippen LogP contribution in [0.25, 0.3) is 0 Å². The smallest absolute Gasteiger partial charge is 0.311 e. The van der Waals surface area contributed by atoms with Gasteiger partial charge in [0, 0.05) is 6.21 Å². The van der Waals surface area contributed by atoms with E-state index >= 15 is 0 Å². The van der Waals surface area contributed by atoms with Crippen molar-refractivity contribution < 1.29 is 60.0 Å². The molecule has 14 nitrogen and oxygen atoms in total. The molecule has 0 aliphatic carbocycles. The Hall–Kier alpha value is -8.00. The molecule has 10 atom stereocenters. The maximum atomic E-state index is 14.7. The molecule has 0 N–H and O–H groups in total. The number of hydrogen-bond acceptors (Lipinski definition) is 14. The molecule has 9 aromatic rings. The van der Waals surface area contributed by atoms with Gasteiger partial charge in [-0.1, -0.05) is 231 Å². The second kappa shape index (κ2) is 33.2. The summed E-state index contributed by atoms with van der Waals surface area (Å²) in [5.74, 6) is -0.533. The summed E-state index contributed by atoms with van der Waals surface area (Å²) in [7, 11) is -4.45. The van der Waals surface area contributed by atoms with Crippen LogP contribution in [0.4, 0.5) is 5.69 Å². The maximum absolute atomic E-state index is 14.7. The summed E-state index contributed by atoms with van der Waals surface area (Å²) < 4.78 is 106. The fraction of sp³-hybridized carbons (Fsp3) is 0.267. The average molecular weight is 1230 g/mol. The first-order valence-corrected chi connectivity index (χ1v) is 32.0. The van der Waals surface area contributed by atoms with Crippen LogP contribution in [0.15, 0.2) is 272 Å². The van der Waals surface area contributed by atoms with E-state index in [9.17, 15) is 8.42 Å². The lowest BCUT2D eigenvalue weighted by molar-refractivity contribution is -0.362. The SMILES string of the molecule is O=S(=O)(C[C@@H]1OC(COCc2ccccc2)[C@H](O[C@@H]2OC(COCc3ccccc3)[C@H](OCc3ccccc3)[C@H](OCc3ccccc3)C2OCc2ccccc2)[C@H](OCc2ccccc2)C1OCc1ccccc1)Oc1ccc(C=Nc2ccccc2)cc1. The molecule has 90 heavy (non-hydrogen) atoms. The minimum Gasteiger partial charge on any atom is -0.382 e. The van der Waals surface area contributed by atoms with Crippen LogP contribution < -0.4 is 4.18 Å². The van der Waals surface area contributed by atoms with Crippen LogP contribution in [0.3, 0.4) is 0 Å². The lowest BCUT2D eigenvalue weighted by Crippen LogP contribution is -2.66. The van der Waals surface area contributed by atoms with Gasteiger partial charge in [0.25, 0.3) is 0 Å². The summed E-state index contributed by atoms with van der Waals surface area (Å²) in [6, 6.07) is 85.1. The van der Waals surface area contributed by atoms with E-state index in [2.05, 4.69) is 4.99 Å². The van der Waals surface area contributed by atoms with Crippen molar-refractivity contribution in [2.24, 2.45) is 4.99 Å². The summed E-state index contributed by atoms with van der Waals surface area (Å²) in [4.78, 5) is 4.55. The summed E-state index contributed by atoms with van der Waals surface area (Å²) in [6.45, 7) is 1.18. The third-order valence-electron chi connectivity index (χ3n) is 15.4. The Morgan fingerprint density at radius 2 is 0.678 bits per heavy atom. The van der Waals surface area contributed by atoms with E-state index in [1.165, 1.54) is 0 Å². The highest BCUT2D eigenvalue weighted by Gasteiger charge is 2.55. The van der Waals surface area contributed by atoms with Crippen LogP contribution in [-0.4, -0.2) is 94.8 Å². The molecular formula is C75H75NO13S. The lowest BCUT2D eigenvalue weighted by Gasteiger charge is -2.50. The zero-order valence-corrected chi connectivity index (χ0v) is 50.8. The van der Waals surface area contributed by atoms with Gasteiger partial charge in [-0.15, -0.1) is 0 Å². The zero-order valence-electron chi connectivity index (χ0n) is 50.0. The van der Waals surface area contributed by atoms with E-state index in [-0.39, 0.29) is 65.2 Å². The molecule has 0 radical (unpaired) electrons. The van der Waals surface area contributed by atoms with Crippen LogP contribution in [0, 0.1) is 0 Å². The third-order valence-corrected chi connectivity index (χ3v) is 16.6. The van der Waals surface area contributed by atoms with E-state index in [0.29, 0.717) is 0 Å². The normalized spacial score (nSPS) is 21.9. The van der Waals surface area contributed by atoms with Gasteiger partial charge in [-0.25, -0.2) is 0 Å². The van der Waals surface area contributed by atoms with Gasteiger partial charge in [0.1, 0.15) is 66.4 Å². The van der Waals surface area contributed by atoms with Gasteiger partial charge in [0.05, 0.1) is 65.1 Å². The molecule has 11 rings (SSSR count). The first kappa shape index (κ1) is 63.6. The zero-order chi connectivity index (χ0) is 61.4. The molecule has 0 spiro atoms. The van der Waals surface area contributed by atoms with Crippen molar-refractivity contribution in [1.29, 1.82) is 0 Å². The first-order valence-electron chi connectivity index (χ1n) is 30.4. The molecule has 0 saturated carbocycles. The predicted molar refractivity (Wildman–Crippen MR) is 344 cm³/mol. The topological polar surface area (TPSA) is 148 Å². The number of aliphatic imine (C=N–C) groups is 1. The molecule has 464 valence electrons. The number of benzene rings is 9. The molecule has 0 aromatic heterocycles. The van der Waals surface area contributed by atoms with E-state index in [0.717, 1.165) is 50.2 Å². The Morgan fingerprint density at radius 1 is 0.344 bits per heavy atom. The Labute approximate surface area is 528 Å². The van der Waals surface area contributed by atoms with Crippen LogP contribution >= 0.6 is 0 Å². The third kappa shape index (κ3) is 19.0. The molecular weight excluding hydrogens is 1150 g/mol. The number of ether oxygens (including phenoxy) is 10. The van der Waals surface area contributed by atoms with Crippen LogP contribution in [0.1, 0.15) is 44.5 Å². The summed E-state index contributed by atoms with van der Waals surface area (Å²) in [6.07, 6.45) is -8.52. The van der Waals surface area contributed by atoms with E-state index < -0.39 is 77.1 Å². The maximum Gasteiger partial charge on any atom is 0.311 e. The van der Waals surface area contributed by atoms with Gasteiger partial charge in [-0.3, -0.25) is 4.99 Å². The second-order valence-electron chi connectivity index (χ2n) is 22.1. The van der Waals surface area contributed by atoms with Gasteiger partial charge in [-0.2, -0.15) is 8.42 Å². The van der Waals surface area contributed by atoms with Crippen LogP contribution in [0.2, 0.25) is 0 Å². The number of hydrogen-bond donors (Lipinski definition) is 0. The average Bonchev–Trinajstić information content (AvgIpc) is 0.869. The molecule has 2 aliphatic heterocycles. The molecule has 0 amide bonds. The highest BCUT2D eigenvalue weighted by atomic mass is 32.2. The quantitative estimate of drug-likeness (QED) is 0.0300. The highest BCUT2D eigenvalue weighted by molar-refractivity contribution is 7.87. The molecule has 2 heterocycles. The van der Waals surface area contributed by atoms with Gasteiger partial charge < -0.3 is 51.6 Å². The number of para-hydroxylation sites is 1. The molecule has 0 bridgehead atoms. The van der Waals surface area contributed by atoms with E-state index in [1.807, 2.05) is 243 Å². The summed E-state index contributed by atoms with van der Waals surface area (Å²) >= 11 is 0. The summed E-state index contributed by atoms with van der Waals surface area (Å²) in [5, 5.41) is 0. The monoisotopic (exact) mass is 1230 g/mol. The molecule has 15 heteroatoms. The van der Waals surface area contributed by atoms with Crippen LogP contribution in [0.5, 0.6) is 5.75 Å². The molecule has 2 saturated heterocycles. The standard InChI is InChI=1S/C75H75NO13S/c77-90(78,89-65-43-41-56(42-44-65)45-76-64-39-23-8-24-40-64)55-68-70(82-49-60-31-15-4-16-32-60)72(83-50-61-33-17-5-18-34-61)71(67(86-68)54-80-47-58-27-11-2-12-28-58)88-75-74(85-52-63-37-21-7-22-38-63)73(84-51-62-35-19-6-20-36-62)69(81-48-59-29-13-3-14-30-59)66(87-75)53-79-46-57-25-9-1-10-26-57/h1-45,66-75H,46-55H2/t66?,67?,68-,69-,70?,71-,72+,73-,74?,75-/m0/s1. The van der Waals surface area contributed by atoms with Crippen molar-refractivity contribution in [3.8, 4) is 5.75 Å². The highest BCUT2D eigenvalue weighted by Crippen LogP contribution is 2.38. The fourth-order valence-electron chi connectivity index (χ4n) is 10.9. The van der Waals surface area contributed by atoms with Crippen molar-refractivity contribution in [3.05, 3.63) is 311 Å².